The van der Waals surface area contributed by atoms with Gasteiger partial charge < -0.3 is 15.5 Å². The van der Waals surface area contributed by atoms with Crippen LogP contribution in [0.5, 0.6) is 0 Å². The van der Waals surface area contributed by atoms with Crippen molar-refractivity contribution in [3.05, 3.63) is 35.1 Å². The molecule has 0 amide bonds. The first-order chi connectivity index (χ1) is 8.50. The average Bonchev–Trinajstić information content (AvgIpc) is 2.36. The van der Waals surface area contributed by atoms with Crippen molar-refractivity contribution in [3.63, 3.8) is 0 Å². The van der Waals surface area contributed by atoms with E-state index >= 15 is 0 Å². The quantitative estimate of drug-likeness (QED) is 0.643. The summed E-state index contributed by atoms with van der Waals surface area (Å²) in [4.78, 5) is 0. The summed E-state index contributed by atoms with van der Waals surface area (Å²) in [6.45, 7) is 4.91. The van der Waals surface area contributed by atoms with Gasteiger partial charge in [-0.3, -0.25) is 0 Å². The number of aryl methyl sites for hydroxylation is 1. The molecule has 1 aromatic rings. The molecule has 0 heterocycles. The monoisotopic (exact) mass is 255 g/mol. The van der Waals surface area contributed by atoms with Crippen LogP contribution in [0.4, 0.5) is 4.39 Å². The van der Waals surface area contributed by atoms with Crippen LogP contribution in [0.15, 0.2) is 18.2 Å². The molecule has 18 heavy (non-hydrogen) atoms. The zero-order valence-electron chi connectivity index (χ0n) is 11.0. The van der Waals surface area contributed by atoms with Crippen molar-refractivity contribution in [2.75, 3.05) is 26.3 Å². The fourth-order valence-electron chi connectivity index (χ4n) is 1.71. The fourth-order valence-corrected chi connectivity index (χ4v) is 1.71. The molecule has 0 saturated heterocycles. The lowest BCUT2D eigenvalue weighted by atomic mass is 9.93. The van der Waals surface area contributed by atoms with Crippen molar-refractivity contribution in [1.29, 1.82) is 0 Å². The van der Waals surface area contributed by atoms with Crippen molar-refractivity contribution in [2.24, 2.45) is 5.41 Å². The molecular formula is C14H22FNO2. The Balaban J connectivity index is 2.38. The number of halogens is 1. The largest absolute Gasteiger partial charge is 0.396 e. The zero-order chi connectivity index (χ0) is 13.6. The van der Waals surface area contributed by atoms with Gasteiger partial charge in [0.15, 0.2) is 0 Å². The number of nitrogens with one attached hydrogen (secondary N) is 1. The molecule has 0 aliphatic carbocycles. The van der Waals surface area contributed by atoms with Crippen LogP contribution in [0.2, 0.25) is 0 Å². The normalized spacial score (nSPS) is 11.8. The Morgan fingerprint density at radius 1 is 1.28 bits per heavy atom. The van der Waals surface area contributed by atoms with Gasteiger partial charge in [0.2, 0.25) is 0 Å². The lowest BCUT2D eigenvalue weighted by molar-refractivity contribution is 0.0700. The molecule has 0 radical (unpaired) electrons. The van der Waals surface area contributed by atoms with E-state index in [9.17, 15) is 4.39 Å². The minimum Gasteiger partial charge on any atom is -0.396 e. The Morgan fingerprint density at radius 3 is 2.50 bits per heavy atom. The molecule has 0 atom stereocenters. The van der Waals surface area contributed by atoms with E-state index in [0.717, 1.165) is 24.1 Å². The van der Waals surface area contributed by atoms with Gasteiger partial charge in [0.1, 0.15) is 5.82 Å². The van der Waals surface area contributed by atoms with Gasteiger partial charge in [-0.15, -0.1) is 0 Å². The van der Waals surface area contributed by atoms with Gasteiger partial charge in [-0.25, -0.2) is 4.39 Å². The van der Waals surface area contributed by atoms with Gasteiger partial charge in [0, 0.05) is 12.0 Å². The average molecular weight is 255 g/mol. The summed E-state index contributed by atoms with van der Waals surface area (Å²) >= 11 is 0. The minimum absolute atomic E-state index is 0.0495. The van der Waals surface area contributed by atoms with Crippen LogP contribution in [0.1, 0.15) is 18.1 Å². The summed E-state index contributed by atoms with van der Waals surface area (Å²) in [5, 5.41) is 21.5. The smallest absolute Gasteiger partial charge is 0.123 e. The second-order valence-electron chi connectivity index (χ2n) is 5.12. The molecule has 0 aliphatic heterocycles. The molecule has 102 valence electrons. The van der Waals surface area contributed by atoms with E-state index in [1.807, 2.05) is 13.8 Å². The number of rotatable bonds is 7. The summed E-state index contributed by atoms with van der Waals surface area (Å²) < 4.78 is 12.9. The molecule has 1 rings (SSSR count). The van der Waals surface area contributed by atoms with E-state index in [4.69, 9.17) is 10.2 Å². The standard InChI is InChI=1S/C14H22FNO2/c1-11-7-13(15)4-3-12(11)5-6-16-8-14(2,9-17)10-18/h3-4,7,16-18H,5-6,8-10H2,1-2H3. The second kappa shape index (κ2) is 6.83. The van der Waals surface area contributed by atoms with Gasteiger partial charge in [-0.1, -0.05) is 13.0 Å². The fraction of sp³-hybridized carbons (Fsp3) is 0.571. The summed E-state index contributed by atoms with van der Waals surface area (Å²) in [6, 6.07) is 4.79. The molecule has 0 aromatic heterocycles. The number of hydrogen-bond acceptors (Lipinski definition) is 3. The zero-order valence-corrected chi connectivity index (χ0v) is 11.0. The first-order valence-corrected chi connectivity index (χ1v) is 6.18. The molecule has 0 spiro atoms. The molecule has 0 bridgehead atoms. The van der Waals surface area contributed by atoms with Crippen LogP contribution in [0, 0.1) is 18.2 Å². The van der Waals surface area contributed by atoms with Crippen molar-refractivity contribution in [3.8, 4) is 0 Å². The molecule has 3 N–H and O–H groups in total. The van der Waals surface area contributed by atoms with E-state index in [1.54, 1.807) is 6.07 Å². The Labute approximate surface area is 108 Å². The van der Waals surface area contributed by atoms with Crippen LogP contribution in [-0.4, -0.2) is 36.5 Å². The third kappa shape index (κ3) is 4.37. The third-order valence-corrected chi connectivity index (χ3v) is 3.19. The molecule has 4 heteroatoms. The Hall–Kier alpha value is -0.970. The van der Waals surface area contributed by atoms with Gasteiger partial charge >= 0.3 is 0 Å². The summed E-state index contributed by atoms with van der Waals surface area (Å²) in [7, 11) is 0. The lowest BCUT2D eigenvalue weighted by Crippen LogP contribution is -2.38. The van der Waals surface area contributed by atoms with Gasteiger partial charge in [-0.2, -0.15) is 0 Å². The molecule has 3 nitrogen and oxygen atoms in total. The first kappa shape index (κ1) is 15.1. The summed E-state index contributed by atoms with van der Waals surface area (Å²) in [5.41, 5.74) is 1.57. The van der Waals surface area contributed by atoms with E-state index in [1.165, 1.54) is 12.1 Å². The molecule has 0 aliphatic rings. The highest BCUT2D eigenvalue weighted by atomic mass is 19.1. The van der Waals surface area contributed by atoms with Crippen LogP contribution in [0.25, 0.3) is 0 Å². The van der Waals surface area contributed by atoms with Crippen molar-refractivity contribution in [2.45, 2.75) is 20.3 Å². The number of aliphatic hydroxyl groups is 2. The van der Waals surface area contributed by atoms with Crippen molar-refractivity contribution < 1.29 is 14.6 Å². The highest BCUT2D eigenvalue weighted by Gasteiger charge is 2.21. The molecule has 0 unspecified atom stereocenters. The first-order valence-electron chi connectivity index (χ1n) is 6.18. The topological polar surface area (TPSA) is 52.5 Å². The molecule has 0 saturated carbocycles. The highest BCUT2D eigenvalue weighted by molar-refractivity contribution is 5.26. The predicted molar refractivity (Wildman–Crippen MR) is 70.0 cm³/mol. The lowest BCUT2D eigenvalue weighted by Gasteiger charge is -2.24. The van der Waals surface area contributed by atoms with E-state index in [2.05, 4.69) is 5.32 Å². The Bertz CT molecular complexity index is 378. The summed E-state index contributed by atoms with van der Waals surface area (Å²) in [6.07, 6.45) is 0.805. The number of aliphatic hydroxyl groups excluding tert-OH is 2. The SMILES string of the molecule is Cc1cc(F)ccc1CCNCC(C)(CO)CO. The molecule has 1 aromatic carbocycles. The van der Waals surface area contributed by atoms with Gasteiger partial charge in [0.05, 0.1) is 13.2 Å². The van der Waals surface area contributed by atoms with Crippen LogP contribution >= 0.6 is 0 Å². The maximum Gasteiger partial charge on any atom is 0.123 e. The minimum atomic E-state index is -0.488. The van der Waals surface area contributed by atoms with Crippen LogP contribution in [-0.2, 0) is 6.42 Å². The maximum atomic E-state index is 12.9. The van der Waals surface area contributed by atoms with E-state index in [-0.39, 0.29) is 19.0 Å². The van der Waals surface area contributed by atoms with E-state index < -0.39 is 5.41 Å². The Morgan fingerprint density at radius 2 is 1.94 bits per heavy atom. The maximum absolute atomic E-state index is 12.9. The van der Waals surface area contributed by atoms with Crippen LogP contribution < -0.4 is 5.32 Å². The van der Waals surface area contributed by atoms with Crippen LogP contribution in [0.3, 0.4) is 0 Å². The van der Waals surface area contributed by atoms with Gasteiger partial charge in [-0.05, 0) is 43.1 Å². The Kier molecular flexibility index (Phi) is 5.72. The summed E-state index contributed by atoms with van der Waals surface area (Å²) in [5.74, 6) is -0.211. The van der Waals surface area contributed by atoms with Crippen molar-refractivity contribution in [1.82, 2.24) is 5.32 Å². The number of benzene rings is 1. The number of hydrogen-bond donors (Lipinski definition) is 3. The molecular weight excluding hydrogens is 233 g/mol. The third-order valence-electron chi connectivity index (χ3n) is 3.19. The van der Waals surface area contributed by atoms with E-state index in [0.29, 0.717) is 6.54 Å². The highest BCUT2D eigenvalue weighted by Crippen LogP contribution is 2.13. The second-order valence-corrected chi connectivity index (χ2v) is 5.12. The van der Waals surface area contributed by atoms with Crippen molar-refractivity contribution >= 4 is 0 Å². The molecule has 0 fully saturated rings. The predicted octanol–water partition coefficient (Wildman–Crippen LogP) is 1.26. The van der Waals surface area contributed by atoms with Gasteiger partial charge in [0.25, 0.3) is 0 Å².